The number of benzene rings is 2. The molecule has 0 spiro atoms. The van der Waals surface area contributed by atoms with Crippen molar-refractivity contribution in [2.24, 2.45) is 5.73 Å². The van der Waals surface area contributed by atoms with Crippen LogP contribution < -0.4 is 10.5 Å². The summed E-state index contributed by atoms with van der Waals surface area (Å²) in [4.78, 5) is 12.2. The second kappa shape index (κ2) is 7.91. The molecule has 1 aliphatic rings. The first-order valence-electron chi connectivity index (χ1n) is 8.99. The van der Waals surface area contributed by atoms with Gasteiger partial charge in [0.1, 0.15) is 0 Å². The van der Waals surface area contributed by atoms with Crippen molar-refractivity contribution in [3.05, 3.63) is 59.7 Å². The lowest BCUT2D eigenvalue weighted by Gasteiger charge is -2.22. The third-order valence-corrected chi connectivity index (χ3v) is 6.35. The topological polar surface area (TPSA) is 89.3 Å². The van der Waals surface area contributed by atoms with E-state index in [-0.39, 0.29) is 10.8 Å². The fraction of sp³-hybridized carbons (Fsp3) is 0.350. The van der Waals surface area contributed by atoms with Gasteiger partial charge in [0.05, 0.1) is 4.90 Å². The number of primary amides is 1. The SMILES string of the molecule is NC(=O)c1cccc(S(=O)(=O)Nc2ccccc2)c1C1CCCCCC1. The van der Waals surface area contributed by atoms with Crippen molar-refractivity contribution in [2.75, 3.05) is 4.72 Å². The molecule has 5 nitrogen and oxygen atoms in total. The summed E-state index contributed by atoms with van der Waals surface area (Å²) in [6.45, 7) is 0. The summed E-state index contributed by atoms with van der Waals surface area (Å²) in [7, 11) is -3.82. The number of nitrogens with one attached hydrogen (secondary N) is 1. The lowest BCUT2D eigenvalue weighted by atomic mass is 9.88. The smallest absolute Gasteiger partial charge is 0.262 e. The number of carbonyl (C=O) groups excluding carboxylic acids is 1. The van der Waals surface area contributed by atoms with E-state index in [2.05, 4.69) is 4.72 Å². The Morgan fingerprint density at radius 1 is 0.923 bits per heavy atom. The molecule has 0 heterocycles. The third-order valence-electron chi connectivity index (χ3n) is 4.91. The monoisotopic (exact) mass is 372 g/mol. The van der Waals surface area contributed by atoms with Gasteiger partial charge in [-0.05, 0) is 48.6 Å². The number of para-hydroxylation sites is 1. The lowest BCUT2D eigenvalue weighted by molar-refractivity contribution is 0.0998. The van der Waals surface area contributed by atoms with Gasteiger partial charge in [-0.25, -0.2) is 8.42 Å². The number of carbonyl (C=O) groups is 1. The van der Waals surface area contributed by atoms with Crippen LogP contribution >= 0.6 is 0 Å². The van der Waals surface area contributed by atoms with Crippen molar-refractivity contribution in [1.82, 2.24) is 0 Å². The molecule has 0 aromatic heterocycles. The highest BCUT2D eigenvalue weighted by Crippen LogP contribution is 2.37. The summed E-state index contributed by atoms with van der Waals surface area (Å²) in [6, 6.07) is 13.5. The predicted octanol–water partition coefficient (Wildman–Crippen LogP) is 4.02. The zero-order valence-electron chi connectivity index (χ0n) is 14.6. The minimum absolute atomic E-state index is 0.0311. The molecule has 1 aliphatic carbocycles. The molecule has 1 saturated carbocycles. The van der Waals surface area contributed by atoms with Gasteiger partial charge in [0.25, 0.3) is 10.0 Å². The second-order valence-corrected chi connectivity index (χ2v) is 8.39. The molecule has 3 rings (SSSR count). The van der Waals surface area contributed by atoms with Crippen LogP contribution in [0.4, 0.5) is 5.69 Å². The van der Waals surface area contributed by atoms with E-state index in [1.807, 2.05) is 6.07 Å². The van der Waals surface area contributed by atoms with Crippen LogP contribution in [0, 0.1) is 0 Å². The summed E-state index contributed by atoms with van der Waals surface area (Å²) in [5.41, 5.74) is 6.95. The van der Waals surface area contributed by atoms with Crippen molar-refractivity contribution < 1.29 is 13.2 Å². The zero-order chi connectivity index (χ0) is 18.6. The summed E-state index contributed by atoms with van der Waals surface area (Å²) >= 11 is 0. The predicted molar refractivity (Wildman–Crippen MR) is 103 cm³/mol. The van der Waals surface area contributed by atoms with Crippen molar-refractivity contribution in [3.63, 3.8) is 0 Å². The molecule has 2 aromatic rings. The van der Waals surface area contributed by atoms with E-state index < -0.39 is 15.9 Å². The zero-order valence-corrected chi connectivity index (χ0v) is 15.5. The van der Waals surface area contributed by atoms with Crippen molar-refractivity contribution >= 4 is 21.6 Å². The number of amides is 1. The fourth-order valence-electron chi connectivity index (χ4n) is 3.70. The molecule has 26 heavy (non-hydrogen) atoms. The number of hydrogen-bond acceptors (Lipinski definition) is 3. The minimum Gasteiger partial charge on any atom is -0.366 e. The molecule has 2 aromatic carbocycles. The number of rotatable bonds is 5. The van der Waals surface area contributed by atoms with Crippen LogP contribution in [-0.2, 0) is 10.0 Å². The summed E-state index contributed by atoms with van der Waals surface area (Å²) in [6.07, 6.45) is 6.09. The van der Waals surface area contributed by atoms with Gasteiger partial charge in [-0.1, -0.05) is 49.9 Å². The van der Waals surface area contributed by atoms with Crippen molar-refractivity contribution in [3.8, 4) is 0 Å². The van der Waals surface area contributed by atoms with E-state index in [1.54, 1.807) is 42.5 Å². The average molecular weight is 372 g/mol. The fourth-order valence-corrected chi connectivity index (χ4v) is 5.08. The number of hydrogen-bond donors (Lipinski definition) is 2. The van der Waals surface area contributed by atoms with Gasteiger partial charge in [0.15, 0.2) is 0 Å². The van der Waals surface area contributed by atoms with E-state index in [0.717, 1.165) is 38.5 Å². The number of nitrogens with two attached hydrogens (primary N) is 1. The van der Waals surface area contributed by atoms with Crippen LogP contribution in [-0.4, -0.2) is 14.3 Å². The molecular weight excluding hydrogens is 348 g/mol. The van der Waals surface area contributed by atoms with Crippen LogP contribution in [0.5, 0.6) is 0 Å². The van der Waals surface area contributed by atoms with Crippen LogP contribution in [0.15, 0.2) is 53.4 Å². The van der Waals surface area contributed by atoms with Gasteiger partial charge in [-0.2, -0.15) is 0 Å². The van der Waals surface area contributed by atoms with E-state index in [0.29, 0.717) is 16.8 Å². The Labute approximate surface area is 154 Å². The average Bonchev–Trinajstić information content (AvgIpc) is 2.90. The quantitative estimate of drug-likeness (QED) is 0.777. The van der Waals surface area contributed by atoms with Crippen LogP contribution in [0.25, 0.3) is 0 Å². The van der Waals surface area contributed by atoms with Gasteiger partial charge in [-0.3, -0.25) is 9.52 Å². The summed E-state index contributed by atoms with van der Waals surface area (Å²) < 4.78 is 28.7. The maximum Gasteiger partial charge on any atom is 0.262 e. The Bertz CT molecular complexity index is 871. The summed E-state index contributed by atoms with van der Waals surface area (Å²) in [5, 5.41) is 0. The van der Waals surface area contributed by atoms with E-state index >= 15 is 0 Å². The van der Waals surface area contributed by atoms with E-state index in [9.17, 15) is 13.2 Å². The maximum absolute atomic E-state index is 13.1. The van der Waals surface area contributed by atoms with E-state index in [1.165, 1.54) is 0 Å². The van der Waals surface area contributed by atoms with Gasteiger partial charge in [-0.15, -0.1) is 0 Å². The highest BCUT2D eigenvalue weighted by molar-refractivity contribution is 7.92. The lowest BCUT2D eigenvalue weighted by Crippen LogP contribution is -2.21. The second-order valence-electron chi connectivity index (χ2n) is 6.74. The highest BCUT2D eigenvalue weighted by atomic mass is 32.2. The van der Waals surface area contributed by atoms with Crippen LogP contribution in [0.2, 0.25) is 0 Å². The number of sulfonamides is 1. The highest BCUT2D eigenvalue weighted by Gasteiger charge is 2.28. The molecule has 1 amide bonds. The molecule has 138 valence electrons. The molecule has 0 unspecified atom stereocenters. The van der Waals surface area contributed by atoms with Crippen molar-refractivity contribution in [2.45, 2.75) is 49.3 Å². The maximum atomic E-state index is 13.1. The first-order chi connectivity index (χ1) is 12.5. The molecule has 1 fully saturated rings. The van der Waals surface area contributed by atoms with Crippen LogP contribution in [0.1, 0.15) is 60.4 Å². The Morgan fingerprint density at radius 2 is 1.58 bits per heavy atom. The molecule has 0 radical (unpaired) electrons. The van der Waals surface area contributed by atoms with Gasteiger partial charge >= 0.3 is 0 Å². The van der Waals surface area contributed by atoms with Gasteiger partial charge < -0.3 is 5.73 Å². The first kappa shape index (κ1) is 18.5. The molecule has 0 saturated heterocycles. The molecular formula is C20H24N2O3S. The van der Waals surface area contributed by atoms with Crippen LogP contribution in [0.3, 0.4) is 0 Å². The standard InChI is InChI=1S/C20H24N2O3S/c21-20(23)17-13-8-14-18(19(17)15-9-4-1-2-5-10-15)26(24,25)22-16-11-6-3-7-12-16/h3,6-8,11-15,22H,1-2,4-5,9-10H2,(H2,21,23). The molecule has 0 atom stereocenters. The molecule has 0 aliphatic heterocycles. The number of anilines is 1. The summed E-state index contributed by atoms with van der Waals surface area (Å²) in [5.74, 6) is -0.551. The molecule has 0 bridgehead atoms. The first-order valence-corrected chi connectivity index (χ1v) is 10.5. The molecule has 3 N–H and O–H groups in total. The van der Waals surface area contributed by atoms with E-state index in [4.69, 9.17) is 5.73 Å². The Balaban J connectivity index is 2.08. The normalized spacial score (nSPS) is 16.0. The molecule has 6 heteroatoms. The Hall–Kier alpha value is -2.34. The third kappa shape index (κ3) is 4.07. The van der Waals surface area contributed by atoms with Crippen molar-refractivity contribution in [1.29, 1.82) is 0 Å². The largest absolute Gasteiger partial charge is 0.366 e. The Morgan fingerprint density at radius 3 is 2.19 bits per heavy atom. The minimum atomic E-state index is -3.82. The Kier molecular flexibility index (Phi) is 5.61. The van der Waals surface area contributed by atoms with Gasteiger partial charge in [0, 0.05) is 11.3 Å². The van der Waals surface area contributed by atoms with Gasteiger partial charge in [0.2, 0.25) is 5.91 Å².